The summed E-state index contributed by atoms with van der Waals surface area (Å²) in [6.07, 6.45) is 4.82. The van der Waals surface area contributed by atoms with Crippen molar-refractivity contribution in [1.29, 1.82) is 0 Å². The molecule has 0 unspecified atom stereocenters. The van der Waals surface area contributed by atoms with Gasteiger partial charge in [0.15, 0.2) is 11.4 Å². The molecule has 0 N–H and O–H groups in total. The zero-order valence-electron chi connectivity index (χ0n) is 12.8. The lowest BCUT2D eigenvalue weighted by atomic mass is 10.2. The zero-order chi connectivity index (χ0) is 17.3. The number of aromatic nitrogens is 2. The highest BCUT2D eigenvalue weighted by atomic mass is 16.6. The van der Waals surface area contributed by atoms with Crippen molar-refractivity contribution in [2.24, 2.45) is 12.0 Å². The highest BCUT2D eigenvalue weighted by Crippen LogP contribution is 2.29. The Morgan fingerprint density at radius 1 is 1.42 bits per heavy atom. The van der Waals surface area contributed by atoms with E-state index in [1.54, 1.807) is 24.1 Å². The number of nitro groups is 1. The van der Waals surface area contributed by atoms with Crippen LogP contribution in [-0.4, -0.2) is 33.7 Å². The van der Waals surface area contributed by atoms with Gasteiger partial charge in [-0.05, 0) is 18.2 Å². The van der Waals surface area contributed by atoms with E-state index < -0.39 is 10.9 Å². The number of cyclic esters (lactones) is 1. The van der Waals surface area contributed by atoms with Crippen molar-refractivity contribution in [3.8, 4) is 5.75 Å². The molecular formula is C15H12N4O5. The van der Waals surface area contributed by atoms with Gasteiger partial charge < -0.3 is 9.47 Å². The van der Waals surface area contributed by atoms with Gasteiger partial charge in [0.2, 0.25) is 5.90 Å². The van der Waals surface area contributed by atoms with Crippen LogP contribution in [0.4, 0.5) is 5.69 Å². The number of rotatable bonds is 4. The number of nitro benzene ring substituents is 1. The van der Waals surface area contributed by atoms with Gasteiger partial charge in [-0.3, -0.25) is 14.8 Å². The van der Waals surface area contributed by atoms with Gasteiger partial charge in [-0.25, -0.2) is 9.79 Å². The summed E-state index contributed by atoms with van der Waals surface area (Å²) < 4.78 is 11.6. The van der Waals surface area contributed by atoms with Crippen LogP contribution in [0.3, 0.4) is 0 Å². The molecule has 1 aromatic heterocycles. The molecule has 0 spiro atoms. The quantitative estimate of drug-likeness (QED) is 0.365. The summed E-state index contributed by atoms with van der Waals surface area (Å²) in [7, 11) is 3.09. The standard InChI is InChI=1S/C15H12N4O5/c1-18-8-9(7-16-18)5-11-15(20)24-14(17-11)10-3-4-13(23-2)12(6-10)19(21)22/h3-8H,1-2H3/b11-5+. The van der Waals surface area contributed by atoms with Gasteiger partial charge in [0.05, 0.1) is 18.2 Å². The average Bonchev–Trinajstić information content (AvgIpc) is 3.13. The molecule has 0 saturated carbocycles. The summed E-state index contributed by atoms with van der Waals surface area (Å²) in [5.74, 6) is -0.520. The topological polar surface area (TPSA) is 109 Å². The van der Waals surface area contributed by atoms with E-state index in [2.05, 4.69) is 10.1 Å². The highest BCUT2D eigenvalue weighted by molar-refractivity contribution is 6.13. The zero-order valence-corrected chi connectivity index (χ0v) is 12.8. The third-order valence-corrected chi connectivity index (χ3v) is 3.27. The molecule has 0 atom stereocenters. The number of esters is 1. The number of carbonyl (C=O) groups is 1. The van der Waals surface area contributed by atoms with Crippen molar-refractivity contribution in [2.45, 2.75) is 0 Å². The Morgan fingerprint density at radius 2 is 2.21 bits per heavy atom. The molecule has 1 aliphatic rings. The molecule has 9 nitrogen and oxygen atoms in total. The van der Waals surface area contributed by atoms with Crippen molar-refractivity contribution in [3.63, 3.8) is 0 Å². The lowest BCUT2D eigenvalue weighted by Gasteiger charge is -2.03. The molecule has 1 aliphatic heterocycles. The van der Waals surface area contributed by atoms with Crippen LogP contribution in [0.15, 0.2) is 41.3 Å². The van der Waals surface area contributed by atoms with Crippen molar-refractivity contribution < 1.29 is 19.2 Å². The number of nitrogens with zero attached hydrogens (tertiary/aromatic N) is 4. The number of ether oxygens (including phenoxy) is 2. The second-order valence-corrected chi connectivity index (χ2v) is 4.93. The van der Waals surface area contributed by atoms with Gasteiger partial charge in [-0.15, -0.1) is 0 Å². The van der Waals surface area contributed by atoms with Gasteiger partial charge in [0.1, 0.15) is 0 Å². The molecule has 24 heavy (non-hydrogen) atoms. The molecule has 122 valence electrons. The molecule has 2 aromatic rings. The first-order valence-electron chi connectivity index (χ1n) is 6.82. The maximum absolute atomic E-state index is 11.9. The lowest BCUT2D eigenvalue weighted by molar-refractivity contribution is -0.385. The fourth-order valence-corrected chi connectivity index (χ4v) is 2.17. The maximum atomic E-state index is 11.9. The van der Waals surface area contributed by atoms with E-state index in [0.29, 0.717) is 11.1 Å². The van der Waals surface area contributed by atoms with E-state index in [-0.39, 0.29) is 23.0 Å². The molecule has 0 fully saturated rings. The molecule has 1 aromatic carbocycles. The lowest BCUT2D eigenvalue weighted by Crippen LogP contribution is -2.06. The van der Waals surface area contributed by atoms with Gasteiger partial charge >= 0.3 is 11.7 Å². The van der Waals surface area contributed by atoms with Crippen LogP contribution in [0.5, 0.6) is 5.75 Å². The molecule has 0 radical (unpaired) electrons. The minimum absolute atomic E-state index is 0.000827. The highest BCUT2D eigenvalue weighted by Gasteiger charge is 2.26. The van der Waals surface area contributed by atoms with Crippen molar-refractivity contribution in [2.75, 3.05) is 7.11 Å². The van der Waals surface area contributed by atoms with E-state index >= 15 is 0 Å². The molecule has 0 saturated heterocycles. The minimum atomic E-state index is -0.632. The van der Waals surface area contributed by atoms with E-state index in [1.165, 1.54) is 31.4 Å². The van der Waals surface area contributed by atoms with Gasteiger partial charge in [0.25, 0.3) is 0 Å². The third-order valence-electron chi connectivity index (χ3n) is 3.27. The van der Waals surface area contributed by atoms with Gasteiger partial charge in [-0.1, -0.05) is 0 Å². The van der Waals surface area contributed by atoms with E-state index in [4.69, 9.17) is 9.47 Å². The van der Waals surface area contributed by atoms with E-state index in [1.807, 2.05) is 0 Å². The molecule has 0 bridgehead atoms. The first-order valence-corrected chi connectivity index (χ1v) is 6.82. The Balaban J connectivity index is 1.97. The maximum Gasteiger partial charge on any atom is 0.363 e. The number of aryl methyl sites for hydroxylation is 1. The molecule has 2 heterocycles. The summed E-state index contributed by atoms with van der Waals surface area (Å²) in [6.45, 7) is 0. The third kappa shape index (κ3) is 2.86. The number of benzene rings is 1. The molecular weight excluding hydrogens is 316 g/mol. The fraction of sp³-hybridized carbons (Fsp3) is 0.133. The summed E-state index contributed by atoms with van der Waals surface area (Å²) >= 11 is 0. The van der Waals surface area contributed by atoms with Crippen molar-refractivity contribution in [3.05, 3.63) is 57.5 Å². The number of methoxy groups -OCH3 is 1. The summed E-state index contributed by atoms with van der Waals surface area (Å²) in [6, 6.07) is 4.20. The van der Waals surface area contributed by atoms with E-state index in [0.717, 1.165) is 0 Å². The van der Waals surface area contributed by atoms with Crippen molar-refractivity contribution >= 4 is 23.6 Å². The van der Waals surface area contributed by atoms with Crippen LogP contribution >= 0.6 is 0 Å². The smallest absolute Gasteiger partial charge is 0.363 e. The predicted molar refractivity (Wildman–Crippen MR) is 83.5 cm³/mol. The summed E-state index contributed by atoms with van der Waals surface area (Å²) in [4.78, 5) is 26.5. The Bertz CT molecular complexity index is 897. The van der Waals surface area contributed by atoms with Crippen LogP contribution < -0.4 is 4.74 Å². The number of carbonyl (C=O) groups excluding carboxylic acids is 1. The monoisotopic (exact) mass is 328 g/mol. The normalized spacial score (nSPS) is 15.3. The average molecular weight is 328 g/mol. The number of hydrogen-bond donors (Lipinski definition) is 0. The first kappa shape index (κ1) is 15.4. The van der Waals surface area contributed by atoms with Crippen LogP contribution in [0.2, 0.25) is 0 Å². The molecule has 3 rings (SSSR count). The Morgan fingerprint density at radius 3 is 2.83 bits per heavy atom. The first-order chi connectivity index (χ1) is 11.5. The summed E-state index contributed by atoms with van der Waals surface area (Å²) in [5.41, 5.74) is 0.857. The number of aliphatic imine (C=N–C) groups is 1. The second-order valence-electron chi connectivity index (χ2n) is 4.93. The van der Waals surface area contributed by atoms with Gasteiger partial charge in [0, 0.05) is 30.4 Å². The van der Waals surface area contributed by atoms with Gasteiger partial charge in [-0.2, -0.15) is 5.10 Å². The van der Waals surface area contributed by atoms with Crippen molar-refractivity contribution in [1.82, 2.24) is 9.78 Å². The van der Waals surface area contributed by atoms with E-state index in [9.17, 15) is 14.9 Å². The summed E-state index contributed by atoms with van der Waals surface area (Å²) in [5, 5.41) is 15.1. The Hall–Kier alpha value is -3.49. The van der Waals surface area contributed by atoms with Crippen LogP contribution in [0, 0.1) is 10.1 Å². The SMILES string of the molecule is COc1ccc(C2=N/C(=C/c3cnn(C)c3)C(=O)O2)cc1[N+](=O)[O-]. The fourth-order valence-electron chi connectivity index (χ4n) is 2.17. The molecule has 0 aliphatic carbocycles. The Kier molecular flexibility index (Phi) is 3.82. The largest absolute Gasteiger partial charge is 0.490 e. The predicted octanol–water partition coefficient (Wildman–Crippen LogP) is 1.68. The number of hydrogen-bond acceptors (Lipinski definition) is 7. The molecule has 0 amide bonds. The Labute approximate surface area is 136 Å². The van der Waals surface area contributed by atoms with Crippen LogP contribution in [-0.2, 0) is 16.6 Å². The van der Waals surface area contributed by atoms with Crippen LogP contribution in [0.25, 0.3) is 6.08 Å². The molecule has 9 heteroatoms. The van der Waals surface area contributed by atoms with Crippen LogP contribution in [0.1, 0.15) is 11.1 Å². The minimum Gasteiger partial charge on any atom is -0.490 e. The second kappa shape index (κ2) is 5.95.